The van der Waals surface area contributed by atoms with Gasteiger partial charge in [-0.05, 0) is 32.4 Å². The molecule has 1 heterocycles. The molecule has 5 nitrogen and oxygen atoms in total. The van der Waals surface area contributed by atoms with Crippen LogP contribution in [0.1, 0.15) is 20.3 Å². The Balaban J connectivity index is 1.73. The zero-order chi connectivity index (χ0) is 15.1. The molecule has 2 amide bonds. The molecule has 5 heteroatoms. The van der Waals surface area contributed by atoms with Gasteiger partial charge in [-0.2, -0.15) is 0 Å². The number of urea groups is 1. The first-order chi connectivity index (χ1) is 10.1. The van der Waals surface area contributed by atoms with E-state index in [1.807, 2.05) is 19.9 Å². The van der Waals surface area contributed by atoms with E-state index in [0.29, 0.717) is 6.54 Å². The number of carbonyl (C=O) groups is 1. The molecule has 0 radical (unpaired) electrons. The molecule has 0 bridgehead atoms. The van der Waals surface area contributed by atoms with Crippen molar-refractivity contribution in [3.63, 3.8) is 0 Å². The number of anilines is 1. The van der Waals surface area contributed by atoms with E-state index in [2.05, 4.69) is 39.8 Å². The van der Waals surface area contributed by atoms with Crippen LogP contribution < -0.4 is 15.5 Å². The van der Waals surface area contributed by atoms with E-state index in [1.165, 1.54) is 5.69 Å². The van der Waals surface area contributed by atoms with Crippen LogP contribution in [0.4, 0.5) is 10.5 Å². The van der Waals surface area contributed by atoms with Gasteiger partial charge in [-0.3, -0.25) is 0 Å². The number of hydrogen-bond acceptors (Lipinski definition) is 3. The van der Waals surface area contributed by atoms with Crippen LogP contribution in [-0.4, -0.2) is 44.4 Å². The third kappa shape index (κ3) is 5.27. The number of rotatable bonds is 5. The number of morpholine rings is 1. The van der Waals surface area contributed by atoms with Crippen LogP contribution in [0.15, 0.2) is 30.3 Å². The molecule has 1 atom stereocenters. The molecule has 1 saturated heterocycles. The van der Waals surface area contributed by atoms with Crippen molar-refractivity contribution >= 4 is 11.7 Å². The molecule has 0 spiro atoms. The Bertz CT molecular complexity index is 436. The minimum atomic E-state index is -0.110. The fourth-order valence-corrected chi connectivity index (χ4v) is 2.43. The molecule has 1 aromatic rings. The molecule has 2 rings (SSSR count). The van der Waals surface area contributed by atoms with Gasteiger partial charge in [0.15, 0.2) is 0 Å². The Morgan fingerprint density at radius 3 is 2.86 bits per heavy atom. The summed E-state index contributed by atoms with van der Waals surface area (Å²) in [6.45, 7) is 7.05. The fourth-order valence-electron chi connectivity index (χ4n) is 2.43. The minimum Gasteiger partial charge on any atom is -0.374 e. The Hall–Kier alpha value is -1.75. The second-order valence-corrected chi connectivity index (χ2v) is 5.62. The van der Waals surface area contributed by atoms with Gasteiger partial charge >= 0.3 is 6.03 Å². The number of ether oxygens (including phenoxy) is 1. The lowest BCUT2D eigenvalue weighted by molar-refractivity contribution is 0.0359. The summed E-state index contributed by atoms with van der Waals surface area (Å²) in [6, 6.07) is 10.4. The summed E-state index contributed by atoms with van der Waals surface area (Å²) in [5.41, 5.74) is 1.23. The van der Waals surface area contributed by atoms with Gasteiger partial charge in [0.25, 0.3) is 0 Å². The molecule has 0 saturated carbocycles. The Morgan fingerprint density at radius 2 is 2.14 bits per heavy atom. The van der Waals surface area contributed by atoms with Crippen molar-refractivity contribution in [1.82, 2.24) is 10.6 Å². The van der Waals surface area contributed by atoms with Crippen molar-refractivity contribution in [2.45, 2.75) is 32.4 Å². The molecule has 1 aromatic carbocycles. The summed E-state index contributed by atoms with van der Waals surface area (Å²) >= 11 is 0. The molecule has 2 N–H and O–H groups in total. The molecule has 1 aliphatic rings. The molecule has 0 aromatic heterocycles. The normalized spacial score (nSPS) is 18.6. The van der Waals surface area contributed by atoms with Crippen LogP contribution in [0, 0.1) is 0 Å². The lowest BCUT2D eigenvalue weighted by Crippen LogP contribution is -2.45. The molecular formula is C16H25N3O2. The van der Waals surface area contributed by atoms with E-state index in [1.54, 1.807) is 0 Å². The van der Waals surface area contributed by atoms with Gasteiger partial charge < -0.3 is 20.3 Å². The van der Waals surface area contributed by atoms with Gasteiger partial charge in [0.2, 0.25) is 0 Å². The first kappa shape index (κ1) is 15.6. The zero-order valence-electron chi connectivity index (χ0n) is 12.8. The standard InChI is InChI=1S/C16H25N3O2/c1-13(2)18-16(20)17-9-8-15-12-19(10-11-21-15)14-6-4-3-5-7-14/h3-7,13,15H,8-12H2,1-2H3,(H2,17,18,20). The maximum absolute atomic E-state index is 11.5. The van der Waals surface area contributed by atoms with E-state index in [9.17, 15) is 4.79 Å². The number of hydrogen-bond donors (Lipinski definition) is 2. The van der Waals surface area contributed by atoms with E-state index >= 15 is 0 Å². The maximum atomic E-state index is 11.5. The quantitative estimate of drug-likeness (QED) is 0.872. The Labute approximate surface area is 126 Å². The number of para-hydroxylation sites is 1. The van der Waals surface area contributed by atoms with Crippen LogP contribution in [0.2, 0.25) is 0 Å². The predicted molar refractivity (Wildman–Crippen MR) is 84.7 cm³/mol. The maximum Gasteiger partial charge on any atom is 0.314 e. The van der Waals surface area contributed by atoms with Gasteiger partial charge in [0, 0.05) is 31.4 Å². The SMILES string of the molecule is CC(C)NC(=O)NCCC1CN(c2ccccc2)CCO1. The number of nitrogens with one attached hydrogen (secondary N) is 2. The van der Waals surface area contributed by atoms with E-state index in [0.717, 1.165) is 26.1 Å². The van der Waals surface area contributed by atoms with E-state index < -0.39 is 0 Å². The first-order valence-electron chi connectivity index (χ1n) is 7.61. The molecule has 0 aliphatic carbocycles. The van der Waals surface area contributed by atoms with Crippen LogP contribution in [-0.2, 0) is 4.74 Å². The highest BCUT2D eigenvalue weighted by molar-refractivity contribution is 5.74. The molecule has 21 heavy (non-hydrogen) atoms. The molecule has 116 valence electrons. The number of nitrogens with zero attached hydrogens (tertiary/aromatic N) is 1. The summed E-state index contributed by atoms with van der Waals surface area (Å²) < 4.78 is 5.78. The summed E-state index contributed by atoms with van der Waals surface area (Å²) in [5, 5.41) is 5.68. The molecular weight excluding hydrogens is 266 g/mol. The average Bonchev–Trinajstić information content (AvgIpc) is 2.48. The van der Waals surface area contributed by atoms with Crippen LogP contribution in [0.5, 0.6) is 0 Å². The number of amides is 2. The second-order valence-electron chi connectivity index (χ2n) is 5.62. The summed E-state index contributed by atoms with van der Waals surface area (Å²) in [7, 11) is 0. The topological polar surface area (TPSA) is 53.6 Å². The third-order valence-corrected chi connectivity index (χ3v) is 3.43. The molecule has 1 fully saturated rings. The van der Waals surface area contributed by atoms with Crippen molar-refractivity contribution in [3.05, 3.63) is 30.3 Å². The monoisotopic (exact) mass is 291 g/mol. The van der Waals surface area contributed by atoms with Crippen molar-refractivity contribution in [3.8, 4) is 0 Å². The van der Waals surface area contributed by atoms with Gasteiger partial charge in [-0.1, -0.05) is 18.2 Å². The van der Waals surface area contributed by atoms with Crippen molar-refractivity contribution in [2.75, 3.05) is 31.1 Å². The average molecular weight is 291 g/mol. The minimum absolute atomic E-state index is 0.110. The molecule has 1 unspecified atom stereocenters. The van der Waals surface area contributed by atoms with Gasteiger partial charge in [0.1, 0.15) is 0 Å². The Morgan fingerprint density at radius 1 is 1.38 bits per heavy atom. The molecule has 1 aliphatic heterocycles. The predicted octanol–water partition coefficient (Wildman–Crippen LogP) is 1.99. The highest BCUT2D eigenvalue weighted by Crippen LogP contribution is 2.17. The smallest absolute Gasteiger partial charge is 0.314 e. The zero-order valence-corrected chi connectivity index (χ0v) is 12.8. The van der Waals surface area contributed by atoms with Crippen molar-refractivity contribution < 1.29 is 9.53 Å². The summed E-state index contributed by atoms with van der Waals surface area (Å²) in [6.07, 6.45) is 0.993. The largest absolute Gasteiger partial charge is 0.374 e. The Kier molecular flexibility index (Phi) is 5.87. The highest BCUT2D eigenvalue weighted by Gasteiger charge is 2.20. The van der Waals surface area contributed by atoms with Gasteiger partial charge in [-0.25, -0.2) is 4.79 Å². The van der Waals surface area contributed by atoms with Crippen molar-refractivity contribution in [2.24, 2.45) is 0 Å². The van der Waals surface area contributed by atoms with E-state index in [4.69, 9.17) is 4.74 Å². The van der Waals surface area contributed by atoms with Crippen molar-refractivity contribution in [1.29, 1.82) is 0 Å². The first-order valence-corrected chi connectivity index (χ1v) is 7.61. The fraction of sp³-hybridized carbons (Fsp3) is 0.562. The van der Waals surface area contributed by atoms with Crippen LogP contribution in [0.3, 0.4) is 0 Å². The van der Waals surface area contributed by atoms with Gasteiger partial charge in [0.05, 0.1) is 12.7 Å². The summed E-state index contributed by atoms with van der Waals surface area (Å²) in [5.74, 6) is 0. The second kappa shape index (κ2) is 7.88. The van der Waals surface area contributed by atoms with Crippen LogP contribution in [0.25, 0.3) is 0 Å². The van der Waals surface area contributed by atoms with Crippen LogP contribution >= 0.6 is 0 Å². The number of carbonyl (C=O) groups excluding carboxylic acids is 1. The van der Waals surface area contributed by atoms with E-state index in [-0.39, 0.29) is 18.2 Å². The highest BCUT2D eigenvalue weighted by atomic mass is 16.5. The lowest BCUT2D eigenvalue weighted by atomic mass is 10.2. The number of benzene rings is 1. The lowest BCUT2D eigenvalue weighted by Gasteiger charge is -2.34. The third-order valence-electron chi connectivity index (χ3n) is 3.43. The van der Waals surface area contributed by atoms with Gasteiger partial charge in [-0.15, -0.1) is 0 Å². The summed E-state index contributed by atoms with van der Waals surface area (Å²) in [4.78, 5) is 13.8.